The lowest BCUT2D eigenvalue weighted by molar-refractivity contribution is 0.0623. The van der Waals surface area contributed by atoms with E-state index in [1.807, 2.05) is 0 Å². The topological polar surface area (TPSA) is 17.1 Å². The predicted octanol–water partition coefficient (Wildman–Crippen LogP) is 1.09. The Morgan fingerprint density at radius 2 is 1.78 bits per heavy atom. The van der Waals surface area contributed by atoms with Gasteiger partial charge in [-0.25, -0.2) is 13.2 Å². The van der Waals surface area contributed by atoms with E-state index in [1.54, 1.807) is 0 Å². The number of hydrogen-bond acceptors (Lipinski definition) is 1. The quantitative estimate of drug-likeness (QED) is 0.528. The lowest BCUT2D eigenvalue weighted by Gasteiger charge is -1.89. The molecule has 0 aromatic heterocycles. The highest BCUT2D eigenvalue weighted by molar-refractivity contribution is 5.72. The van der Waals surface area contributed by atoms with Crippen molar-refractivity contribution in [3.63, 3.8) is 0 Å². The lowest BCUT2D eigenvalue weighted by Crippen LogP contribution is -2.12. The van der Waals surface area contributed by atoms with Crippen LogP contribution in [-0.2, 0) is 4.79 Å². The fourth-order valence-electron chi connectivity index (χ4n) is 0.689. The van der Waals surface area contributed by atoms with Gasteiger partial charge in [0.15, 0.2) is 0 Å². The maximum atomic E-state index is 12.2. The van der Waals surface area contributed by atoms with Gasteiger partial charge in [0.2, 0.25) is 12.0 Å². The summed E-state index contributed by atoms with van der Waals surface area (Å²) in [5.74, 6) is -4.98. The monoisotopic (exact) mass is 137 g/mol. The Labute approximate surface area is 49.9 Å². The summed E-state index contributed by atoms with van der Waals surface area (Å²) in [4.78, 5) is 9.53. The van der Waals surface area contributed by atoms with Gasteiger partial charge in [-0.1, -0.05) is 6.92 Å². The van der Waals surface area contributed by atoms with E-state index in [4.69, 9.17) is 0 Å². The molecule has 4 heteroatoms. The van der Waals surface area contributed by atoms with Crippen LogP contribution in [0.15, 0.2) is 0 Å². The molecule has 0 aromatic rings. The van der Waals surface area contributed by atoms with Crippen molar-refractivity contribution in [3.05, 3.63) is 0 Å². The van der Waals surface area contributed by atoms with E-state index in [2.05, 4.69) is 0 Å². The Kier molecular flexibility index (Phi) is 0.952. The van der Waals surface area contributed by atoms with Crippen molar-refractivity contribution in [1.82, 2.24) is 0 Å². The van der Waals surface area contributed by atoms with E-state index in [9.17, 15) is 18.0 Å². The van der Waals surface area contributed by atoms with Gasteiger partial charge in [0.05, 0.1) is 5.92 Å². The number of alkyl halides is 3. The minimum atomic E-state index is -3.48. The van der Waals surface area contributed by atoms with Crippen molar-refractivity contribution in [1.29, 1.82) is 0 Å². The molecule has 9 heavy (non-hydrogen) atoms. The van der Waals surface area contributed by atoms with E-state index in [-0.39, 0.29) is 0 Å². The first-order valence-corrected chi connectivity index (χ1v) is 2.43. The average molecular weight is 137 g/mol. The van der Waals surface area contributed by atoms with E-state index in [0.717, 1.165) is 6.92 Å². The van der Waals surface area contributed by atoms with Crippen LogP contribution >= 0.6 is 0 Å². The highest BCUT2D eigenvalue weighted by atomic mass is 19.3. The SMILES string of the molecule is CC1C(F)(F)C1(F)[C]=O. The van der Waals surface area contributed by atoms with Crippen molar-refractivity contribution in [2.24, 2.45) is 5.92 Å². The van der Waals surface area contributed by atoms with Crippen molar-refractivity contribution in [2.75, 3.05) is 0 Å². The number of halogens is 3. The Hall–Kier alpha value is -0.540. The van der Waals surface area contributed by atoms with Gasteiger partial charge in [-0.15, -0.1) is 0 Å². The van der Waals surface area contributed by atoms with E-state index in [1.165, 1.54) is 0 Å². The number of carbonyl (C=O) groups excluding carboxylic acids is 1. The standard InChI is InChI=1S/C5H4F3O/c1-3-4(6,2-9)5(3,7)8/h3H,1H3. The van der Waals surface area contributed by atoms with Crippen LogP contribution in [0.4, 0.5) is 13.2 Å². The molecule has 1 fully saturated rings. The van der Waals surface area contributed by atoms with Crippen molar-refractivity contribution < 1.29 is 18.0 Å². The third-order valence-electron chi connectivity index (χ3n) is 1.69. The molecule has 0 bridgehead atoms. The normalized spacial score (nSPS) is 46.4. The van der Waals surface area contributed by atoms with Crippen LogP contribution < -0.4 is 0 Å². The third kappa shape index (κ3) is 0.483. The van der Waals surface area contributed by atoms with Crippen LogP contribution in [0.3, 0.4) is 0 Å². The van der Waals surface area contributed by atoms with Crippen molar-refractivity contribution in [3.8, 4) is 0 Å². The number of hydrogen-bond donors (Lipinski definition) is 0. The van der Waals surface area contributed by atoms with Crippen molar-refractivity contribution >= 4 is 6.29 Å². The van der Waals surface area contributed by atoms with E-state index in [0.29, 0.717) is 6.29 Å². The van der Waals surface area contributed by atoms with E-state index >= 15 is 0 Å². The molecule has 2 atom stereocenters. The smallest absolute Gasteiger partial charge is 0.287 e. The summed E-state index contributed by atoms with van der Waals surface area (Å²) in [5, 5.41) is 0. The van der Waals surface area contributed by atoms with Gasteiger partial charge in [0.1, 0.15) is 0 Å². The van der Waals surface area contributed by atoms with Crippen LogP contribution in [0, 0.1) is 5.92 Å². The largest absolute Gasteiger partial charge is 0.295 e. The van der Waals surface area contributed by atoms with Crippen LogP contribution in [0.25, 0.3) is 0 Å². The second-order valence-corrected chi connectivity index (χ2v) is 2.16. The molecule has 0 aliphatic heterocycles. The van der Waals surface area contributed by atoms with Gasteiger partial charge in [0.25, 0.3) is 5.92 Å². The maximum Gasteiger partial charge on any atom is 0.295 e. The highest BCUT2D eigenvalue weighted by Gasteiger charge is 2.81. The second kappa shape index (κ2) is 1.30. The zero-order valence-corrected chi connectivity index (χ0v) is 4.62. The Morgan fingerprint density at radius 1 is 1.44 bits per heavy atom. The molecule has 0 N–H and O–H groups in total. The van der Waals surface area contributed by atoms with E-state index < -0.39 is 17.5 Å². The first-order chi connectivity index (χ1) is 3.97. The predicted molar refractivity (Wildman–Crippen MR) is 23.6 cm³/mol. The lowest BCUT2D eigenvalue weighted by atomic mass is 10.3. The van der Waals surface area contributed by atoms with Crippen molar-refractivity contribution in [2.45, 2.75) is 18.5 Å². The molecule has 1 rings (SSSR count). The Balaban J connectivity index is 2.81. The average Bonchev–Trinajstić information content (AvgIpc) is 2.16. The van der Waals surface area contributed by atoms with Crippen LogP contribution in [0.1, 0.15) is 6.92 Å². The molecule has 0 saturated heterocycles. The molecule has 1 aliphatic rings. The van der Waals surface area contributed by atoms with Crippen LogP contribution in [0.2, 0.25) is 0 Å². The highest BCUT2D eigenvalue weighted by Crippen LogP contribution is 2.59. The van der Waals surface area contributed by atoms with Gasteiger partial charge in [-0.2, -0.15) is 0 Å². The Bertz CT molecular complexity index is 156. The van der Waals surface area contributed by atoms with Gasteiger partial charge in [0, 0.05) is 0 Å². The summed E-state index contributed by atoms with van der Waals surface area (Å²) in [7, 11) is 0. The molecule has 0 heterocycles. The molecule has 51 valence electrons. The second-order valence-electron chi connectivity index (χ2n) is 2.16. The molecule has 0 spiro atoms. The third-order valence-corrected chi connectivity index (χ3v) is 1.69. The molecule has 1 aliphatic carbocycles. The van der Waals surface area contributed by atoms with Crippen LogP contribution in [0.5, 0.6) is 0 Å². The minimum Gasteiger partial charge on any atom is -0.287 e. The molecule has 0 amide bonds. The Morgan fingerprint density at radius 3 is 1.78 bits per heavy atom. The maximum absolute atomic E-state index is 12.2. The zero-order chi connectivity index (χ0) is 7.28. The first kappa shape index (κ1) is 6.58. The molecular formula is C5H4F3O. The zero-order valence-electron chi connectivity index (χ0n) is 4.62. The number of rotatable bonds is 1. The van der Waals surface area contributed by atoms with Gasteiger partial charge < -0.3 is 0 Å². The van der Waals surface area contributed by atoms with Gasteiger partial charge in [-0.05, 0) is 0 Å². The van der Waals surface area contributed by atoms with Gasteiger partial charge >= 0.3 is 0 Å². The molecule has 0 aromatic carbocycles. The van der Waals surface area contributed by atoms with Gasteiger partial charge in [-0.3, -0.25) is 4.79 Å². The minimum absolute atomic E-state index is 0.689. The fraction of sp³-hybridized carbons (Fsp3) is 0.800. The molecule has 1 saturated carbocycles. The summed E-state index contributed by atoms with van der Waals surface area (Å²) in [6, 6.07) is 0. The fourth-order valence-corrected chi connectivity index (χ4v) is 0.689. The summed E-state index contributed by atoms with van der Waals surface area (Å²) in [6.07, 6.45) is 0.689. The summed E-state index contributed by atoms with van der Waals surface area (Å²) in [6.45, 7) is 0.977. The molecule has 2 unspecified atom stereocenters. The molecular weight excluding hydrogens is 133 g/mol. The summed E-state index contributed by atoms with van der Waals surface area (Å²) >= 11 is 0. The summed E-state index contributed by atoms with van der Waals surface area (Å²) in [5.41, 5.74) is -2.99. The molecule has 1 nitrogen and oxygen atoms in total. The molecule has 1 radical (unpaired) electrons. The first-order valence-electron chi connectivity index (χ1n) is 2.43. The summed E-state index contributed by atoms with van der Waals surface area (Å²) < 4.78 is 36.1. The van der Waals surface area contributed by atoms with Crippen LogP contribution in [-0.4, -0.2) is 17.9 Å².